The maximum atomic E-state index is 11.9. The van der Waals surface area contributed by atoms with E-state index in [0.717, 1.165) is 19.3 Å². The number of rotatable bonds is 2. The van der Waals surface area contributed by atoms with E-state index in [-0.39, 0.29) is 11.6 Å². The van der Waals surface area contributed by atoms with Crippen molar-refractivity contribution >= 4 is 6.09 Å². The highest BCUT2D eigenvalue weighted by molar-refractivity contribution is 5.69. The van der Waals surface area contributed by atoms with Crippen molar-refractivity contribution in [3.63, 3.8) is 0 Å². The van der Waals surface area contributed by atoms with Gasteiger partial charge in [0.2, 0.25) is 0 Å². The number of nitrogens with one attached hydrogen (secondary N) is 1. The summed E-state index contributed by atoms with van der Waals surface area (Å²) in [5, 5.41) is 3.04. The highest BCUT2D eigenvalue weighted by atomic mass is 16.6. The van der Waals surface area contributed by atoms with Crippen molar-refractivity contribution < 1.29 is 9.53 Å². The Balaban J connectivity index is 2.08. The van der Waals surface area contributed by atoms with Gasteiger partial charge in [-0.05, 0) is 45.6 Å². The van der Waals surface area contributed by atoms with Gasteiger partial charge < -0.3 is 10.1 Å². The van der Waals surface area contributed by atoms with Crippen LogP contribution in [0.4, 0.5) is 4.79 Å². The molecule has 1 N–H and O–H groups in total. The Morgan fingerprint density at radius 1 is 1.22 bits per heavy atom. The van der Waals surface area contributed by atoms with Crippen molar-refractivity contribution in [3.05, 3.63) is 35.9 Å². The van der Waals surface area contributed by atoms with Crippen LogP contribution in [0.25, 0.3) is 0 Å². The third-order valence-electron chi connectivity index (χ3n) is 3.27. The molecule has 1 aliphatic carbocycles. The highest BCUT2D eigenvalue weighted by Crippen LogP contribution is 2.41. The fraction of sp³-hybridized carbons (Fsp3) is 0.533. The molecular formula is C15H21NO2. The van der Waals surface area contributed by atoms with Crippen LogP contribution in [0.2, 0.25) is 0 Å². The molecule has 2 rings (SSSR count). The Labute approximate surface area is 109 Å². The molecule has 1 fully saturated rings. The SMILES string of the molecule is CC(C)(C)OC(=O)NC1(c2ccccc2)CCC1. The van der Waals surface area contributed by atoms with Gasteiger partial charge in [-0.1, -0.05) is 30.3 Å². The second-order valence-electron chi connectivity index (χ2n) is 5.93. The summed E-state index contributed by atoms with van der Waals surface area (Å²) >= 11 is 0. The first-order chi connectivity index (χ1) is 8.41. The standard InChI is InChI=1S/C15H21NO2/c1-14(2,3)18-13(17)16-15(10-7-11-15)12-8-5-4-6-9-12/h4-6,8-9H,7,10-11H2,1-3H3,(H,16,17). The van der Waals surface area contributed by atoms with Crippen molar-refractivity contribution in [1.82, 2.24) is 5.32 Å². The van der Waals surface area contributed by atoms with Crippen LogP contribution < -0.4 is 5.32 Å². The lowest BCUT2D eigenvalue weighted by molar-refractivity contribution is 0.0377. The molecule has 0 aliphatic heterocycles. The number of hydrogen-bond donors (Lipinski definition) is 1. The molecule has 0 aromatic heterocycles. The summed E-state index contributed by atoms with van der Waals surface area (Å²) < 4.78 is 5.34. The van der Waals surface area contributed by atoms with Gasteiger partial charge in [0.1, 0.15) is 5.60 Å². The molecule has 0 bridgehead atoms. The van der Waals surface area contributed by atoms with Gasteiger partial charge in [0.25, 0.3) is 0 Å². The monoisotopic (exact) mass is 247 g/mol. The molecule has 0 atom stereocenters. The van der Waals surface area contributed by atoms with Gasteiger partial charge in [-0.25, -0.2) is 4.79 Å². The Morgan fingerprint density at radius 3 is 2.28 bits per heavy atom. The molecule has 18 heavy (non-hydrogen) atoms. The molecule has 3 nitrogen and oxygen atoms in total. The van der Waals surface area contributed by atoms with E-state index in [9.17, 15) is 4.79 Å². The van der Waals surface area contributed by atoms with Crippen LogP contribution >= 0.6 is 0 Å². The number of hydrogen-bond acceptors (Lipinski definition) is 2. The zero-order valence-corrected chi connectivity index (χ0v) is 11.3. The average molecular weight is 247 g/mol. The minimum absolute atomic E-state index is 0.219. The van der Waals surface area contributed by atoms with Gasteiger partial charge in [-0.2, -0.15) is 0 Å². The molecule has 98 valence electrons. The van der Waals surface area contributed by atoms with E-state index < -0.39 is 5.60 Å². The van der Waals surface area contributed by atoms with E-state index in [4.69, 9.17) is 4.74 Å². The van der Waals surface area contributed by atoms with E-state index in [0.29, 0.717) is 0 Å². The van der Waals surface area contributed by atoms with Crippen LogP contribution in [0, 0.1) is 0 Å². The van der Waals surface area contributed by atoms with Crippen molar-refractivity contribution in [3.8, 4) is 0 Å². The van der Waals surface area contributed by atoms with Crippen LogP contribution in [0.3, 0.4) is 0 Å². The smallest absolute Gasteiger partial charge is 0.408 e. The van der Waals surface area contributed by atoms with E-state index in [1.54, 1.807) is 0 Å². The molecule has 0 unspecified atom stereocenters. The van der Waals surface area contributed by atoms with Gasteiger partial charge in [0, 0.05) is 0 Å². The first-order valence-electron chi connectivity index (χ1n) is 6.48. The predicted molar refractivity (Wildman–Crippen MR) is 71.3 cm³/mol. The lowest BCUT2D eigenvalue weighted by atomic mass is 9.72. The minimum atomic E-state index is -0.453. The van der Waals surface area contributed by atoms with Gasteiger partial charge in [-0.15, -0.1) is 0 Å². The Bertz CT molecular complexity index is 416. The predicted octanol–water partition coefficient (Wildman–Crippen LogP) is 3.59. The topological polar surface area (TPSA) is 38.3 Å². The van der Waals surface area contributed by atoms with Gasteiger partial charge >= 0.3 is 6.09 Å². The van der Waals surface area contributed by atoms with Crippen molar-refractivity contribution in [2.45, 2.75) is 51.2 Å². The molecule has 1 amide bonds. The quantitative estimate of drug-likeness (QED) is 0.867. The van der Waals surface area contributed by atoms with Crippen LogP contribution in [-0.4, -0.2) is 11.7 Å². The molecule has 1 aliphatic rings. The second-order valence-corrected chi connectivity index (χ2v) is 5.93. The third-order valence-corrected chi connectivity index (χ3v) is 3.27. The molecular weight excluding hydrogens is 226 g/mol. The summed E-state index contributed by atoms with van der Waals surface area (Å²) in [6.45, 7) is 5.63. The van der Waals surface area contributed by atoms with Crippen molar-refractivity contribution in [2.24, 2.45) is 0 Å². The fourth-order valence-electron chi connectivity index (χ4n) is 2.27. The Morgan fingerprint density at radius 2 is 1.83 bits per heavy atom. The summed E-state index contributed by atoms with van der Waals surface area (Å²) in [6, 6.07) is 10.1. The van der Waals surface area contributed by atoms with E-state index in [1.165, 1.54) is 5.56 Å². The van der Waals surface area contributed by atoms with Crippen molar-refractivity contribution in [1.29, 1.82) is 0 Å². The fourth-order valence-corrected chi connectivity index (χ4v) is 2.27. The van der Waals surface area contributed by atoms with Crippen LogP contribution in [0.5, 0.6) is 0 Å². The second kappa shape index (κ2) is 4.63. The molecule has 0 heterocycles. The number of alkyl carbamates (subject to hydrolysis) is 1. The zero-order valence-electron chi connectivity index (χ0n) is 11.3. The van der Waals surface area contributed by atoms with Gasteiger partial charge in [-0.3, -0.25) is 0 Å². The molecule has 1 saturated carbocycles. The maximum absolute atomic E-state index is 11.9. The lowest BCUT2D eigenvalue weighted by Gasteiger charge is -2.43. The first-order valence-corrected chi connectivity index (χ1v) is 6.48. The van der Waals surface area contributed by atoms with Crippen LogP contribution in [0.1, 0.15) is 45.6 Å². The molecule has 0 radical (unpaired) electrons. The molecule has 1 aromatic carbocycles. The zero-order chi connectivity index (χ0) is 13.2. The molecule has 0 saturated heterocycles. The summed E-state index contributed by atoms with van der Waals surface area (Å²) in [5.41, 5.74) is 0.497. The normalized spacial score (nSPS) is 17.7. The number of benzene rings is 1. The molecule has 1 aromatic rings. The summed E-state index contributed by atoms with van der Waals surface area (Å²) in [5.74, 6) is 0. The lowest BCUT2D eigenvalue weighted by Crippen LogP contribution is -2.52. The van der Waals surface area contributed by atoms with E-state index in [2.05, 4.69) is 17.4 Å². The molecule has 0 spiro atoms. The summed E-state index contributed by atoms with van der Waals surface area (Å²) in [6.07, 6.45) is 2.78. The van der Waals surface area contributed by atoms with Crippen LogP contribution in [-0.2, 0) is 10.3 Å². The number of carbonyl (C=O) groups excluding carboxylic acids is 1. The summed E-state index contributed by atoms with van der Waals surface area (Å²) in [4.78, 5) is 11.9. The van der Waals surface area contributed by atoms with E-state index in [1.807, 2.05) is 39.0 Å². The van der Waals surface area contributed by atoms with E-state index >= 15 is 0 Å². The Kier molecular flexibility index (Phi) is 3.33. The first kappa shape index (κ1) is 12.9. The largest absolute Gasteiger partial charge is 0.444 e. The summed E-state index contributed by atoms with van der Waals surface area (Å²) in [7, 11) is 0. The highest BCUT2D eigenvalue weighted by Gasteiger charge is 2.40. The minimum Gasteiger partial charge on any atom is -0.444 e. The van der Waals surface area contributed by atoms with Gasteiger partial charge in [0.05, 0.1) is 5.54 Å². The Hall–Kier alpha value is -1.51. The number of amides is 1. The van der Waals surface area contributed by atoms with Crippen molar-refractivity contribution in [2.75, 3.05) is 0 Å². The number of carbonyl (C=O) groups is 1. The maximum Gasteiger partial charge on any atom is 0.408 e. The molecule has 3 heteroatoms. The number of ether oxygens (including phenoxy) is 1. The third kappa shape index (κ3) is 2.84. The van der Waals surface area contributed by atoms with Crippen LogP contribution in [0.15, 0.2) is 30.3 Å². The van der Waals surface area contributed by atoms with Gasteiger partial charge in [0.15, 0.2) is 0 Å². The average Bonchev–Trinajstić information content (AvgIpc) is 2.22.